The number of ether oxygens (including phenoxy) is 1. The fraction of sp³-hybridized carbons (Fsp3) is 0.321. The molecule has 0 fully saturated rings. The Hall–Kier alpha value is -3.45. The van der Waals surface area contributed by atoms with Crippen LogP contribution in [-0.4, -0.2) is 30.4 Å². The van der Waals surface area contributed by atoms with E-state index in [-0.39, 0.29) is 18.1 Å². The van der Waals surface area contributed by atoms with Gasteiger partial charge in [-0.2, -0.15) is 0 Å². The summed E-state index contributed by atoms with van der Waals surface area (Å²) < 4.78 is 5.41. The highest BCUT2D eigenvalue weighted by Crippen LogP contribution is 2.41. The summed E-state index contributed by atoms with van der Waals surface area (Å²) in [6.07, 6.45) is -0.483. The van der Waals surface area contributed by atoms with Crippen LogP contribution in [0.5, 0.6) is 0 Å². The van der Waals surface area contributed by atoms with Crippen LogP contribution in [0.15, 0.2) is 53.9 Å². The van der Waals surface area contributed by atoms with Crippen molar-refractivity contribution in [3.63, 3.8) is 0 Å². The minimum atomic E-state index is -0.692. The van der Waals surface area contributed by atoms with Gasteiger partial charge in [-0.1, -0.05) is 12.1 Å². The predicted octanol–water partition coefficient (Wildman–Crippen LogP) is 6.44. The summed E-state index contributed by atoms with van der Waals surface area (Å²) in [5.74, 6) is -0.0919. The first kappa shape index (κ1) is 24.7. The van der Waals surface area contributed by atoms with Gasteiger partial charge in [-0.3, -0.25) is 14.9 Å². The lowest BCUT2D eigenvalue weighted by molar-refractivity contribution is -0.121. The van der Waals surface area contributed by atoms with Crippen molar-refractivity contribution in [2.75, 3.05) is 17.3 Å². The molecular weight excluding hydrogens is 460 g/mol. The Morgan fingerprint density at radius 2 is 1.83 bits per heavy atom. The maximum atomic E-state index is 13.4. The third-order valence-electron chi connectivity index (χ3n) is 6.09. The fourth-order valence-corrected chi connectivity index (χ4v) is 5.02. The standard InChI is InChI=1S/C28H30N2O4S/c1-27(2,3)34-26(33)29-21-11-9-18(24-8-7-13-35-24)14-19(21)16-23(31)17-10-12-22-20(15-17)28(4,5)25(32)30(22)6/h7-15H,16H2,1-6H3,(H,29,33). The molecule has 6 nitrogen and oxygen atoms in total. The molecule has 1 aliphatic heterocycles. The maximum absolute atomic E-state index is 13.4. The van der Waals surface area contributed by atoms with E-state index in [1.165, 1.54) is 0 Å². The molecule has 0 spiro atoms. The molecule has 0 saturated heterocycles. The topological polar surface area (TPSA) is 75.7 Å². The number of rotatable bonds is 5. The molecule has 35 heavy (non-hydrogen) atoms. The van der Waals surface area contributed by atoms with Crippen molar-refractivity contribution >= 4 is 40.5 Å². The van der Waals surface area contributed by atoms with Crippen LogP contribution in [0.4, 0.5) is 16.2 Å². The second-order valence-electron chi connectivity index (χ2n) is 10.3. The van der Waals surface area contributed by atoms with Crippen molar-refractivity contribution in [3.05, 3.63) is 70.6 Å². The van der Waals surface area contributed by atoms with E-state index >= 15 is 0 Å². The lowest BCUT2D eigenvalue weighted by Gasteiger charge is -2.21. The third-order valence-corrected chi connectivity index (χ3v) is 7.01. The van der Waals surface area contributed by atoms with Gasteiger partial charge in [0, 0.05) is 35.3 Å². The largest absolute Gasteiger partial charge is 0.444 e. The highest BCUT2D eigenvalue weighted by molar-refractivity contribution is 7.13. The summed E-state index contributed by atoms with van der Waals surface area (Å²) in [5.41, 5.74) is 3.06. The Labute approximate surface area is 209 Å². The Morgan fingerprint density at radius 1 is 1.09 bits per heavy atom. The fourth-order valence-electron chi connectivity index (χ4n) is 4.29. The minimum absolute atomic E-state index is 0.00425. The molecule has 1 N–H and O–H groups in total. The Morgan fingerprint density at radius 3 is 2.49 bits per heavy atom. The second kappa shape index (κ2) is 8.96. The van der Waals surface area contributed by atoms with Gasteiger partial charge in [-0.15, -0.1) is 11.3 Å². The van der Waals surface area contributed by atoms with Crippen LogP contribution in [0, 0.1) is 0 Å². The van der Waals surface area contributed by atoms with Gasteiger partial charge in [-0.25, -0.2) is 4.79 Å². The van der Waals surface area contributed by atoms with Crippen LogP contribution in [0.25, 0.3) is 10.4 Å². The van der Waals surface area contributed by atoms with Crippen LogP contribution in [0.2, 0.25) is 0 Å². The van der Waals surface area contributed by atoms with Gasteiger partial charge in [0.2, 0.25) is 5.91 Å². The summed E-state index contributed by atoms with van der Waals surface area (Å²) in [6.45, 7) is 9.15. The number of nitrogens with zero attached hydrogens (tertiary/aromatic N) is 1. The first-order chi connectivity index (χ1) is 16.4. The van der Waals surface area contributed by atoms with Gasteiger partial charge in [0.25, 0.3) is 0 Å². The summed E-state index contributed by atoms with van der Waals surface area (Å²) >= 11 is 1.61. The molecule has 4 rings (SSSR count). The molecule has 2 aromatic carbocycles. The van der Waals surface area contributed by atoms with Crippen molar-refractivity contribution < 1.29 is 19.1 Å². The van der Waals surface area contributed by atoms with E-state index in [0.717, 1.165) is 21.7 Å². The number of thiophene rings is 1. The number of fused-ring (bicyclic) bond motifs is 1. The number of benzene rings is 2. The van der Waals surface area contributed by atoms with Gasteiger partial charge in [-0.05, 0) is 93.1 Å². The minimum Gasteiger partial charge on any atom is -0.444 e. The number of Topliss-reactive ketones (excluding diaryl/α,β-unsaturated/α-hetero) is 1. The van der Waals surface area contributed by atoms with Crippen molar-refractivity contribution in [3.8, 4) is 10.4 Å². The summed E-state index contributed by atoms with van der Waals surface area (Å²) in [6, 6.07) is 15.1. The third kappa shape index (κ3) is 5.00. The average molecular weight is 491 g/mol. The number of nitrogens with one attached hydrogen (secondary N) is 1. The summed E-state index contributed by atoms with van der Waals surface area (Å²) in [7, 11) is 1.75. The maximum Gasteiger partial charge on any atom is 0.412 e. The Bertz CT molecular complexity index is 1300. The van der Waals surface area contributed by atoms with E-state index in [4.69, 9.17) is 4.74 Å². The first-order valence-electron chi connectivity index (χ1n) is 11.5. The van der Waals surface area contributed by atoms with E-state index in [9.17, 15) is 14.4 Å². The number of anilines is 2. The van der Waals surface area contributed by atoms with Crippen LogP contribution < -0.4 is 10.2 Å². The van der Waals surface area contributed by atoms with Crippen molar-refractivity contribution in [1.82, 2.24) is 0 Å². The van der Waals surface area contributed by atoms with E-state index in [2.05, 4.69) is 5.32 Å². The highest BCUT2D eigenvalue weighted by atomic mass is 32.1. The number of carbonyl (C=O) groups excluding carboxylic acids is 3. The number of hydrogen-bond donors (Lipinski definition) is 1. The van der Waals surface area contributed by atoms with Crippen molar-refractivity contribution in [2.45, 2.75) is 52.1 Å². The number of amides is 2. The Kier molecular flexibility index (Phi) is 6.32. The molecule has 3 aromatic rings. The molecule has 7 heteroatoms. The zero-order valence-electron chi connectivity index (χ0n) is 20.9. The van der Waals surface area contributed by atoms with Gasteiger partial charge in [0.15, 0.2) is 5.78 Å². The van der Waals surface area contributed by atoms with Gasteiger partial charge in [0.1, 0.15) is 5.60 Å². The van der Waals surface area contributed by atoms with Gasteiger partial charge < -0.3 is 9.64 Å². The first-order valence-corrected chi connectivity index (χ1v) is 12.4. The Balaban J connectivity index is 1.66. The molecule has 2 heterocycles. The molecule has 0 radical (unpaired) electrons. The lowest BCUT2D eigenvalue weighted by atomic mass is 9.84. The van der Waals surface area contributed by atoms with Gasteiger partial charge in [0.05, 0.1) is 5.41 Å². The number of hydrogen-bond acceptors (Lipinski definition) is 5. The average Bonchev–Trinajstić information content (AvgIpc) is 3.37. The molecule has 2 amide bonds. The second-order valence-corrected chi connectivity index (χ2v) is 11.2. The van der Waals surface area contributed by atoms with E-state index in [1.807, 2.05) is 55.6 Å². The van der Waals surface area contributed by atoms with Gasteiger partial charge >= 0.3 is 6.09 Å². The molecular formula is C28H30N2O4S. The quantitative estimate of drug-likeness (QED) is 0.418. The molecule has 0 atom stereocenters. The van der Waals surface area contributed by atoms with Crippen LogP contribution in [0.1, 0.15) is 56.1 Å². The number of likely N-dealkylation sites (N-methyl/N-ethyl adjacent to an activating group) is 1. The zero-order chi connectivity index (χ0) is 25.5. The van der Waals surface area contributed by atoms with E-state index in [1.54, 1.807) is 56.2 Å². The molecule has 0 bridgehead atoms. The van der Waals surface area contributed by atoms with E-state index in [0.29, 0.717) is 16.8 Å². The van der Waals surface area contributed by atoms with Crippen molar-refractivity contribution in [1.29, 1.82) is 0 Å². The van der Waals surface area contributed by atoms with Crippen molar-refractivity contribution in [2.24, 2.45) is 0 Å². The molecule has 0 aliphatic carbocycles. The molecule has 0 saturated carbocycles. The molecule has 0 unspecified atom stereocenters. The van der Waals surface area contributed by atoms with Crippen LogP contribution in [0.3, 0.4) is 0 Å². The number of ketones is 1. The monoisotopic (exact) mass is 490 g/mol. The van der Waals surface area contributed by atoms with Crippen LogP contribution >= 0.6 is 11.3 Å². The predicted molar refractivity (Wildman–Crippen MR) is 141 cm³/mol. The highest BCUT2D eigenvalue weighted by Gasteiger charge is 2.42. The normalized spacial score (nSPS) is 14.6. The zero-order valence-corrected chi connectivity index (χ0v) is 21.7. The summed E-state index contributed by atoms with van der Waals surface area (Å²) in [5, 5.41) is 4.80. The van der Waals surface area contributed by atoms with Crippen LogP contribution in [-0.2, 0) is 21.4 Å². The van der Waals surface area contributed by atoms with E-state index < -0.39 is 17.1 Å². The lowest BCUT2D eigenvalue weighted by Crippen LogP contribution is -2.33. The molecule has 182 valence electrons. The summed E-state index contributed by atoms with van der Waals surface area (Å²) in [4.78, 5) is 41.2. The SMILES string of the molecule is CN1C(=O)C(C)(C)c2cc(C(=O)Cc3cc(-c4cccs4)ccc3NC(=O)OC(C)(C)C)ccc21. The molecule has 1 aromatic heterocycles. The molecule has 1 aliphatic rings. The smallest absolute Gasteiger partial charge is 0.412 e. The number of carbonyl (C=O) groups is 3.